The van der Waals surface area contributed by atoms with Gasteiger partial charge in [0.2, 0.25) is 5.91 Å². The van der Waals surface area contributed by atoms with Crippen LogP contribution in [0.4, 0.5) is 9.02 Å². The largest absolute Gasteiger partial charge is 0.302 e. The van der Waals surface area contributed by atoms with Crippen LogP contribution in [0.25, 0.3) is 11.3 Å². The lowest BCUT2D eigenvalue weighted by Crippen LogP contribution is -2.25. The van der Waals surface area contributed by atoms with Gasteiger partial charge in [-0.05, 0) is 12.5 Å². The summed E-state index contributed by atoms with van der Waals surface area (Å²) in [5, 5.41) is 2.39. The van der Waals surface area contributed by atoms with Crippen molar-refractivity contribution in [2.45, 2.75) is 13.3 Å². The van der Waals surface area contributed by atoms with E-state index in [9.17, 15) is 17.1 Å². The lowest BCUT2D eigenvalue weighted by Gasteiger charge is -2.12. The smallest absolute Gasteiger partial charge is 0.288 e. The minimum absolute atomic E-state index is 0.0302. The number of halogens is 1. The van der Waals surface area contributed by atoms with Crippen LogP contribution in [0, 0.1) is 12.8 Å². The Labute approximate surface area is 138 Å². The van der Waals surface area contributed by atoms with E-state index in [-0.39, 0.29) is 18.9 Å². The van der Waals surface area contributed by atoms with E-state index in [0.29, 0.717) is 5.13 Å². The lowest BCUT2D eigenvalue weighted by molar-refractivity contribution is -0.117. The summed E-state index contributed by atoms with van der Waals surface area (Å²) in [4.78, 5) is 18.0. The topological polar surface area (TPSA) is 67.3 Å². The van der Waals surface area contributed by atoms with Gasteiger partial charge in [0.15, 0.2) is 5.13 Å². The standard InChI is InChI=1S/C15H15FN2O3S2/c1-10-4-2-3-5-12(10)13-8-22-15(17-13)18-7-11(6-14(18)19)9-23(16,20)21/h2-5,8,11H,6-7,9H2,1H3. The van der Waals surface area contributed by atoms with E-state index in [1.807, 2.05) is 36.6 Å². The number of nitrogens with zero attached hydrogens (tertiary/aromatic N) is 2. The number of carbonyl (C=O) groups is 1. The summed E-state index contributed by atoms with van der Waals surface area (Å²) in [5.74, 6) is -1.36. The van der Waals surface area contributed by atoms with Crippen LogP contribution < -0.4 is 4.90 Å². The summed E-state index contributed by atoms with van der Waals surface area (Å²) < 4.78 is 34.3. The number of aryl methyl sites for hydroxylation is 1. The Morgan fingerprint density at radius 3 is 2.83 bits per heavy atom. The first kappa shape index (κ1) is 16.1. The molecule has 1 unspecified atom stereocenters. The highest BCUT2D eigenvalue weighted by molar-refractivity contribution is 7.86. The fraction of sp³-hybridized carbons (Fsp3) is 0.333. The minimum Gasteiger partial charge on any atom is -0.288 e. The SMILES string of the molecule is Cc1ccccc1-c1csc(N2CC(CS(=O)(=O)F)CC2=O)n1. The average molecular weight is 354 g/mol. The summed E-state index contributed by atoms with van der Waals surface area (Å²) in [6, 6.07) is 7.80. The van der Waals surface area contributed by atoms with E-state index in [1.54, 1.807) is 0 Å². The molecule has 0 saturated carbocycles. The molecule has 3 rings (SSSR count). The van der Waals surface area contributed by atoms with Gasteiger partial charge in [0, 0.05) is 29.8 Å². The Bertz CT molecular complexity index is 848. The van der Waals surface area contributed by atoms with Gasteiger partial charge in [-0.3, -0.25) is 9.69 Å². The van der Waals surface area contributed by atoms with Crippen molar-refractivity contribution in [1.82, 2.24) is 4.98 Å². The lowest BCUT2D eigenvalue weighted by atomic mass is 10.1. The number of benzene rings is 1. The van der Waals surface area contributed by atoms with Gasteiger partial charge < -0.3 is 0 Å². The monoisotopic (exact) mass is 354 g/mol. The van der Waals surface area contributed by atoms with Gasteiger partial charge in [0.1, 0.15) is 0 Å². The first-order valence-electron chi connectivity index (χ1n) is 7.08. The zero-order chi connectivity index (χ0) is 16.6. The zero-order valence-electron chi connectivity index (χ0n) is 12.4. The Hall–Kier alpha value is -1.80. The molecule has 0 bridgehead atoms. The predicted molar refractivity (Wildman–Crippen MR) is 87.6 cm³/mol. The summed E-state index contributed by atoms with van der Waals surface area (Å²) in [5.41, 5.74) is 2.85. The summed E-state index contributed by atoms with van der Waals surface area (Å²) in [6.45, 7) is 2.17. The van der Waals surface area contributed by atoms with Gasteiger partial charge in [-0.15, -0.1) is 15.2 Å². The normalized spacial score (nSPS) is 18.6. The van der Waals surface area contributed by atoms with Crippen molar-refractivity contribution < 1.29 is 17.1 Å². The third-order valence-corrected chi connectivity index (χ3v) is 5.52. The molecular weight excluding hydrogens is 339 g/mol. The minimum atomic E-state index is -4.58. The molecule has 23 heavy (non-hydrogen) atoms. The van der Waals surface area contributed by atoms with Crippen molar-refractivity contribution >= 4 is 32.6 Å². The number of anilines is 1. The summed E-state index contributed by atoms with van der Waals surface area (Å²) in [6.07, 6.45) is 0.0302. The molecule has 0 aliphatic carbocycles. The van der Waals surface area contributed by atoms with Gasteiger partial charge in [-0.2, -0.15) is 8.42 Å². The van der Waals surface area contributed by atoms with E-state index in [0.717, 1.165) is 16.8 Å². The number of rotatable bonds is 4. The molecule has 1 saturated heterocycles. The molecule has 1 aliphatic rings. The highest BCUT2D eigenvalue weighted by Crippen LogP contribution is 2.33. The first-order valence-corrected chi connectivity index (χ1v) is 9.51. The van der Waals surface area contributed by atoms with Gasteiger partial charge in [-0.25, -0.2) is 4.98 Å². The molecule has 2 heterocycles. The molecule has 1 amide bonds. The van der Waals surface area contributed by atoms with Crippen LogP contribution in [0.3, 0.4) is 0 Å². The highest BCUT2D eigenvalue weighted by Gasteiger charge is 2.35. The van der Waals surface area contributed by atoms with Gasteiger partial charge in [0.25, 0.3) is 0 Å². The molecule has 0 radical (unpaired) electrons. The van der Waals surface area contributed by atoms with Crippen LogP contribution in [0.2, 0.25) is 0 Å². The fourth-order valence-corrected chi connectivity index (χ4v) is 4.37. The Morgan fingerprint density at radius 2 is 2.13 bits per heavy atom. The first-order chi connectivity index (χ1) is 10.8. The second-order valence-electron chi connectivity index (χ2n) is 5.61. The Balaban J connectivity index is 1.81. The van der Waals surface area contributed by atoms with E-state index >= 15 is 0 Å². The summed E-state index contributed by atoms with van der Waals surface area (Å²) in [7, 11) is -4.58. The van der Waals surface area contributed by atoms with Crippen molar-refractivity contribution in [3.8, 4) is 11.3 Å². The molecule has 1 aromatic carbocycles. The quantitative estimate of drug-likeness (QED) is 0.792. The van der Waals surface area contributed by atoms with Gasteiger partial charge in [-0.1, -0.05) is 24.3 Å². The second kappa shape index (κ2) is 6.01. The number of thiazole rings is 1. The second-order valence-corrected chi connectivity index (χ2v) is 7.86. The van der Waals surface area contributed by atoms with E-state index < -0.39 is 21.9 Å². The molecule has 1 fully saturated rings. The third kappa shape index (κ3) is 3.59. The number of carbonyl (C=O) groups excluding carboxylic acids is 1. The van der Waals surface area contributed by atoms with Crippen molar-refractivity contribution in [1.29, 1.82) is 0 Å². The number of hydrogen-bond acceptors (Lipinski definition) is 5. The van der Waals surface area contributed by atoms with E-state index in [4.69, 9.17) is 0 Å². The summed E-state index contributed by atoms with van der Waals surface area (Å²) >= 11 is 1.32. The molecule has 122 valence electrons. The van der Waals surface area contributed by atoms with Crippen LogP contribution in [-0.2, 0) is 15.0 Å². The van der Waals surface area contributed by atoms with Gasteiger partial charge in [0.05, 0.1) is 11.4 Å². The molecule has 5 nitrogen and oxygen atoms in total. The maximum Gasteiger partial charge on any atom is 0.302 e. The molecule has 8 heteroatoms. The number of aromatic nitrogens is 1. The molecule has 1 aliphatic heterocycles. The van der Waals surface area contributed by atoms with Crippen LogP contribution >= 0.6 is 11.3 Å². The maximum atomic E-state index is 12.8. The number of hydrogen-bond donors (Lipinski definition) is 0. The van der Waals surface area contributed by atoms with Crippen molar-refractivity contribution in [2.75, 3.05) is 17.2 Å². The van der Waals surface area contributed by atoms with Gasteiger partial charge >= 0.3 is 10.2 Å². The van der Waals surface area contributed by atoms with E-state index in [2.05, 4.69) is 4.98 Å². The van der Waals surface area contributed by atoms with Crippen molar-refractivity contribution in [3.05, 3.63) is 35.2 Å². The molecule has 1 aromatic heterocycles. The van der Waals surface area contributed by atoms with Crippen molar-refractivity contribution in [2.24, 2.45) is 5.92 Å². The average Bonchev–Trinajstić information content (AvgIpc) is 3.04. The fourth-order valence-electron chi connectivity index (χ4n) is 2.73. The third-order valence-electron chi connectivity index (χ3n) is 3.78. The van der Waals surface area contributed by atoms with Crippen LogP contribution in [0.5, 0.6) is 0 Å². The Morgan fingerprint density at radius 1 is 1.39 bits per heavy atom. The molecule has 0 N–H and O–H groups in total. The molecule has 2 aromatic rings. The highest BCUT2D eigenvalue weighted by atomic mass is 32.3. The Kier molecular flexibility index (Phi) is 4.20. The van der Waals surface area contributed by atoms with Crippen LogP contribution in [0.15, 0.2) is 29.6 Å². The van der Waals surface area contributed by atoms with Crippen LogP contribution in [0.1, 0.15) is 12.0 Å². The molecule has 1 atom stereocenters. The number of amides is 1. The molecular formula is C15H15FN2O3S2. The zero-order valence-corrected chi connectivity index (χ0v) is 14.0. The van der Waals surface area contributed by atoms with Crippen LogP contribution in [-0.4, -0.2) is 31.6 Å². The van der Waals surface area contributed by atoms with Crippen molar-refractivity contribution in [3.63, 3.8) is 0 Å². The maximum absolute atomic E-state index is 12.8. The van der Waals surface area contributed by atoms with E-state index in [1.165, 1.54) is 16.2 Å². The molecule has 0 spiro atoms. The predicted octanol–water partition coefficient (Wildman–Crippen LogP) is 2.77.